The fraction of sp³-hybridized carbons (Fsp3) is 0.304. The number of hydrogen-bond donors (Lipinski definition) is 1. The minimum atomic E-state index is -1.22. The van der Waals surface area contributed by atoms with Crippen molar-refractivity contribution in [1.82, 2.24) is 9.97 Å². The number of esters is 3. The Labute approximate surface area is 199 Å². The molecule has 2 aromatic heterocycles. The van der Waals surface area contributed by atoms with Gasteiger partial charge in [-0.2, -0.15) is 0 Å². The number of amides is 1. The molecule has 1 amide bonds. The van der Waals surface area contributed by atoms with Gasteiger partial charge >= 0.3 is 17.9 Å². The number of fused-ring (bicyclic) bond motifs is 1. The van der Waals surface area contributed by atoms with Crippen molar-refractivity contribution in [1.29, 1.82) is 0 Å². The number of nitrogens with zero attached hydrogens (tertiary/aromatic N) is 2. The largest absolute Gasteiger partial charge is 0.462 e. The highest BCUT2D eigenvalue weighted by atomic mass is 32.1. The summed E-state index contributed by atoms with van der Waals surface area (Å²) in [5.74, 6) is -2.76. The number of para-hydroxylation sites is 1. The second-order valence-electron chi connectivity index (χ2n) is 6.97. The van der Waals surface area contributed by atoms with Crippen LogP contribution in [0.2, 0.25) is 0 Å². The van der Waals surface area contributed by atoms with E-state index in [1.165, 1.54) is 25.4 Å². The van der Waals surface area contributed by atoms with Gasteiger partial charge in [-0.25, -0.2) is 14.4 Å². The predicted octanol–water partition coefficient (Wildman–Crippen LogP) is 3.54. The van der Waals surface area contributed by atoms with Crippen LogP contribution >= 0.6 is 11.3 Å². The average Bonchev–Trinajstić information content (AvgIpc) is 3.14. The first-order chi connectivity index (χ1) is 16.3. The summed E-state index contributed by atoms with van der Waals surface area (Å²) in [6.07, 6.45) is 1.73. The summed E-state index contributed by atoms with van der Waals surface area (Å²) in [7, 11) is 0. The van der Waals surface area contributed by atoms with Crippen molar-refractivity contribution in [3.63, 3.8) is 0 Å². The molecule has 1 N–H and O–H groups in total. The Morgan fingerprint density at radius 3 is 2.38 bits per heavy atom. The van der Waals surface area contributed by atoms with Crippen LogP contribution < -0.4 is 5.32 Å². The molecular formula is C23H23N3O7S. The summed E-state index contributed by atoms with van der Waals surface area (Å²) < 4.78 is 15.4. The van der Waals surface area contributed by atoms with E-state index in [0.29, 0.717) is 16.6 Å². The quantitative estimate of drug-likeness (QED) is 0.375. The van der Waals surface area contributed by atoms with E-state index in [-0.39, 0.29) is 34.2 Å². The third-order valence-electron chi connectivity index (χ3n) is 4.70. The molecule has 0 saturated carbocycles. The van der Waals surface area contributed by atoms with Crippen LogP contribution in [0.15, 0.2) is 30.6 Å². The highest BCUT2D eigenvalue weighted by molar-refractivity contribution is 7.18. The molecule has 0 radical (unpaired) electrons. The number of thiophene rings is 1. The van der Waals surface area contributed by atoms with E-state index in [2.05, 4.69) is 15.3 Å². The molecule has 0 saturated heterocycles. The van der Waals surface area contributed by atoms with Crippen LogP contribution in [0.3, 0.4) is 0 Å². The van der Waals surface area contributed by atoms with Gasteiger partial charge in [0.15, 0.2) is 6.10 Å². The van der Waals surface area contributed by atoms with Crippen molar-refractivity contribution in [2.45, 2.75) is 33.8 Å². The Morgan fingerprint density at radius 2 is 1.68 bits per heavy atom. The number of anilines is 1. The lowest BCUT2D eigenvalue weighted by Crippen LogP contribution is -2.30. The highest BCUT2D eigenvalue weighted by Gasteiger charge is 2.29. The lowest BCUT2D eigenvalue weighted by molar-refractivity contribution is -0.123. The van der Waals surface area contributed by atoms with Crippen molar-refractivity contribution in [3.8, 4) is 0 Å². The van der Waals surface area contributed by atoms with Gasteiger partial charge in [-0.05, 0) is 45.4 Å². The van der Waals surface area contributed by atoms with Crippen LogP contribution in [0.25, 0.3) is 11.0 Å². The van der Waals surface area contributed by atoms with Crippen LogP contribution in [0.1, 0.15) is 56.7 Å². The van der Waals surface area contributed by atoms with Gasteiger partial charge in [-0.1, -0.05) is 6.07 Å². The summed E-state index contributed by atoms with van der Waals surface area (Å²) >= 11 is 0.885. The molecule has 2 heterocycles. The van der Waals surface area contributed by atoms with Gasteiger partial charge < -0.3 is 19.5 Å². The first-order valence-electron chi connectivity index (χ1n) is 10.5. The summed E-state index contributed by atoms with van der Waals surface area (Å²) in [5, 5.41) is 2.67. The minimum Gasteiger partial charge on any atom is -0.462 e. The molecule has 3 aromatic rings. The fourth-order valence-corrected chi connectivity index (χ4v) is 4.18. The molecule has 3 rings (SSSR count). The second-order valence-corrected chi connectivity index (χ2v) is 7.99. The van der Waals surface area contributed by atoms with Gasteiger partial charge in [-0.15, -0.1) is 11.3 Å². The standard InChI is InChI=1S/C23H23N3O7S/c1-5-31-22(29)16-12(3)18(23(30)32-6-2)34-20(16)26-19(27)13(4)33-21(28)14-8-7-9-15-17(14)25-11-10-24-15/h7-11,13H,5-6H2,1-4H3,(H,26,27). The van der Waals surface area contributed by atoms with E-state index >= 15 is 0 Å². The first-order valence-corrected chi connectivity index (χ1v) is 11.3. The normalized spacial score (nSPS) is 11.5. The number of ether oxygens (including phenoxy) is 3. The molecule has 0 aliphatic carbocycles. The maximum Gasteiger partial charge on any atom is 0.348 e. The first kappa shape index (κ1) is 24.8. The Bertz CT molecular complexity index is 1250. The summed E-state index contributed by atoms with van der Waals surface area (Å²) in [4.78, 5) is 58.8. The maximum atomic E-state index is 12.8. The number of hydrogen-bond acceptors (Lipinski definition) is 10. The topological polar surface area (TPSA) is 134 Å². The van der Waals surface area contributed by atoms with Crippen molar-refractivity contribution in [2.75, 3.05) is 18.5 Å². The van der Waals surface area contributed by atoms with Gasteiger partial charge in [0.2, 0.25) is 0 Å². The number of aromatic nitrogens is 2. The minimum absolute atomic E-state index is 0.0473. The SMILES string of the molecule is CCOC(=O)c1sc(NC(=O)C(C)OC(=O)c2cccc3nccnc23)c(C(=O)OCC)c1C. The van der Waals surface area contributed by atoms with Crippen molar-refractivity contribution >= 4 is 51.2 Å². The molecule has 10 nitrogen and oxygen atoms in total. The Morgan fingerprint density at radius 1 is 1.00 bits per heavy atom. The molecule has 0 bridgehead atoms. The maximum absolute atomic E-state index is 12.8. The molecular weight excluding hydrogens is 462 g/mol. The molecule has 178 valence electrons. The second kappa shape index (κ2) is 10.8. The number of carbonyl (C=O) groups excluding carboxylic acids is 4. The zero-order valence-corrected chi connectivity index (χ0v) is 19.9. The van der Waals surface area contributed by atoms with Crippen molar-refractivity contribution in [3.05, 3.63) is 52.2 Å². The Hall–Kier alpha value is -3.86. The molecule has 0 aliphatic heterocycles. The van der Waals surface area contributed by atoms with Gasteiger partial charge in [-0.3, -0.25) is 14.8 Å². The number of carbonyl (C=O) groups is 4. The third kappa shape index (κ3) is 5.20. The molecule has 11 heteroatoms. The number of nitrogens with one attached hydrogen (secondary N) is 1. The van der Waals surface area contributed by atoms with Crippen LogP contribution in [-0.4, -0.2) is 53.1 Å². The predicted molar refractivity (Wildman–Crippen MR) is 124 cm³/mol. The van der Waals surface area contributed by atoms with Gasteiger partial charge in [0.05, 0.1) is 29.9 Å². The zero-order valence-electron chi connectivity index (χ0n) is 19.0. The summed E-state index contributed by atoms with van der Waals surface area (Å²) in [6, 6.07) is 4.86. The Kier molecular flexibility index (Phi) is 7.90. The Balaban J connectivity index is 1.82. The zero-order chi connectivity index (χ0) is 24.8. The molecule has 1 aromatic carbocycles. The lowest BCUT2D eigenvalue weighted by atomic mass is 10.1. The highest BCUT2D eigenvalue weighted by Crippen LogP contribution is 2.34. The summed E-state index contributed by atoms with van der Waals surface area (Å²) in [6.45, 7) is 6.52. The number of benzene rings is 1. The lowest BCUT2D eigenvalue weighted by Gasteiger charge is -2.14. The molecule has 0 aliphatic rings. The van der Waals surface area contributed by atoms with Gasteiger partial charge in [0.1, 0.15) is 15.4 Å². The smallest absolute Gasteiger partial charge is 0.348 e. The van der Waals surface area contributed by atoms with Crippen LogP contribution in [-0.2, 0) is 19.0 Å². The van der Waals surface area contributed by atoms with Crippen molar-refractivity contribution < 1.29 is 33.4 Å². The van der Waals surface area contributed by atoms with Crippen LogP contribution in [0, 0.1) is 6.92 Å². The molecule has 34 heavy (non-hydrogen) atoms. The monoisotopic (exact) mass is 485 g/mol. The average molecular weight is 486 g/mol. The summed E-state index contributed by atoms with van der Waals surface area (Å²) in [5.41, 5.74) is 1.39. The van der Waals surface area contributed by atoms with E-state index < -0.39 is 29.9 Å². The van der Waals surface area contributed by atoms with E-state index in [0.717, 1.165) is 11.3 Å². The molecule has 1 unspecified atom stereocenters. The molecule has 1 atom stereocenters. The van der Waals surface area contributed by atoms with Gasteiger partial charge in [0.25, 0.3) is 5.91 Å². The third-order valence-corrected chi connectivity index (χ3v) is 5.88. The van der Waals surface area contributed by atoms with Crippen LogP contribution in [0.5, 0.6) is 0 Å². The fourth-order valence-electron chi connectivity index (χ4n) is 3.09. The van der Waals surface area contributed by atoms with E-state index in [1.807, 2.05) is 0 Å². The molecule has 0 spiro atoms. The van der Waals surface area contributed by atoms with Crippen molar-refractivity contribution in [2.24, 2.45) is 0 Å². The van der Waals surface area contributed by atoms with E-state index in [9.17, 15) is 19.2 Å². The molecule has 0 fully saturated rings. The van der Waals surface area contributed by atoms with E-state index in [1.54, 1.807) is 32.9 Å². The van der Waals surface area contributed by atoms with Crippen LogP contribution in [0.4, 0.5) is 5.00 Å². The van der Waals surface area contributed by atoms with E-state index in [4.69, 9.17) is 14.2 Å². The number of rotatable bonds is 8. The van der Waals surface area contributed by atoms with Gasteiger partial charge in [0, 0.05) is 12.4 Å².